The van der Waals surface area contributed by atoms with Gasteiger partial charge in [0.25, 0.3) is 0 Å². The number of hydrogen-bond donors (Lipinski definition) is 0. The van der Waals surface area contributed by atoms with Crippen LogP contribution in [-0.4, -0.2) is 9.13 Å². The first-order valence-corrected chi connectivity index (χ1v) is 13.4. The summed E-state index contributed by atoms with van der Waals surface area (Å²) in [5, 5.41) is 14.3. The van der Waals surface area contributed by atoms with Crippen molar-refractivity contribution in [2.24, 2.45) is 0 Å². The molecule has 0 aliphatic carbocycles. The van der Waals surface area contributed by atoms with E-state index in [1.807, 2.05) is 24.3 Å². The average molecular weight is 510 g/mol. The number of nitrogens with zero attached hydrogens (tertiary/aromatic N) is 3. The molecule has 0 N–H and O–H groups in total. The fourth-order valence-corrected chi connectivity index (χ4v) is 6.27. The van der Waals surface area contributed by atoms with Gasteiger partial charge in [-0.2, -0.15) is 5.26 Å². The van der Waals surface area contributed by atoms with E-state index in [2.05, 4.69) is 130 Å². The van der Waals surface area contributed by atoms with E-state index in [-0.39, 0.29) is 0 Å². The second-order valence-electron chi connectivity index (χ2n) is 10.1. The Hall–Kier alpha value is -5.59. The normalized spacial score (nSPS) is 11.5. The molecular weight excluding hydrogens is 486 g/mol. The second kappa shape index (κ2) is 8.73. The SMILES string of the molecule is N#Cc1ccc(-n2c3ccccc3c3cccc(-c4ccccc4-n4c5ccccc5c5ccccc54)c32)cc1. The molecule has 186 valence electrons. The lowest BCUT2D eigenvalue weighted by Crippen LogP contribution is -1.99. The lowest BCUT2D eigenvalue weighted by Gasteiger charge is -2.16. The first kappa shape index (κ1) is 22.4. The second-order valence-corrected chi connectivity index (χ2v) is 10.1. The van der Waals surface area contributed by atoms with Crippen molar-refractivity contribution in [3.05, 3.63) is 145 Å². The molecule has 3 heteroatoms. The van der Waals surface area contributed by atoms with Crippen molar-refractivity contribution >= 4 is 43.6 Å². The van der Waals surface area contributed by atoms with Crippen LogP contribution in [0.3, 0.4) is 0 Å². The number of hydrogen-bond acceptors (Lipinski definition) is 1. The topological polar surface area (TPSA) is 33.6 Å². The van der Waals surface area contributed by atoms with E-state index < -0.39 is 0 Å². The van der Waals surface area contributed by atoms with Crippen LogP contribution in [0.15, 0.2) is 140 Å². The van der Waals surface area contributed by atoms with E-state index >= 15 is 0 Å². The van der Waals surface area contributed by atoms with Crippen molar-refractivity contribution in [2.45, 2.75) is 0 Å². The van der Waals surface area contributed by atoms with Crippen LogP contribution in [0.5, 0.6) is 0 Å². The summed E-state index contributed by atoms with van der Waals surface area (Å²) in [5.41, 5.74) is 9.84. The van der Waals surface area contributed by atoms with Gasteiger partial charge in [0.15, 0.2) is 0 Å². The smallest absolute Gasteiger partial charge is 0.0991 e. The highest BCUT2D eigenvalue weighted by Gasteiger charge is 2.20. The number of para-hydroxylation sites is 5. The van der Waals surface area contributed by atoms with Gasteiger partial charge in [0.1, 0.15) is 0 Å². The molecule has 2 heterocycles. The standard InChI is InChI=1S/C37H23N3/c38-24-25-20-22-26(23-21-25)39-33-16-5-3-12-29(33)31-14-9-15-32(37(31)39)30-13-4-8-19-36(30)40-34-17-6-1-10-27(34)28-11-2-7-18-35(28)40/h1-23H. The van der Waals surface area contributed by atoms with Gasteiger partial charge in [-0.05, 0) is 48.5 Å². The van der Waals surface area contributed by atoms with Gasteiger partial charge in [-0.15, -0.1) is 0 Å². The number of benzene rings is 6. The molecule has 0 radical (unpaired) electrons. The van der Waals surface area contributed by atoms with Crippen LogP contribution in [0, 0.1) is 11.3 Å². The third-order valence-corrected chi connectivity index (χ3v) is 7.96. The molecule has 3 nitrogen and oxygen atoms in total. The zero-order valence-electron chi connectivity index (χ0n) is 21.6. The summed E-state index contributed by atoms with van der Waals surface area (Å²) in [7, 11) is 0. The Labute approximate surface area is 231 Å². The van der Waals surface area contributed by atoms with Gasteiger partial charge in [-0.1, -0.05) is 91.0 Å². The maximum Gasteiger partial charge on any atom is 0.0991 e. The summed E-state index contributed by atoms with van der Waals surface area (Å²) < 4.78 is 4.73. The molecule has 2 aromatic heterocycles. The Bertz CT molecular complexity index is 2220. The van der Waals surface area contributed by atoms with Crippen LogP contribution >= 0.6 is 0 Å². The average Bonchev–Trinajstić information content (AvgIpc) is 3.54. The van der Waals surface area contributed by atoms with Gasteiger partial charge in [0.05, 0.1) is 39.4 Å². The van der Waals surface area contributed by atoms with Crippen LogP contribution in [0.25, 0.3) is 66.1 Å². The summed E-state index contributed by atoms with van der Waals surface area (Å²) in [6, 6.07) is 51.3. The zero-order valence-corrected chi connectivity index (χ0v) is 21.6. The molecule has 8 rings (SSSR count). The third kappa shape index (κ3) is 3.17. The minimum atomic E-state index is 0.654. The van der Waals surface area contributed by atoms with Gasteiger partial charge in [0, 0.05) is 38.4 Å². The predicted octanol–water partition coefficient (Wildman–Crippen LogP) is 9.42. The molecule has 0 saturated carbocycles. The van der Waals surface area contributed by atoms with Crippen LogP contribution in [0.4, 0.5) is 0 Å². The van der Waals surface area contributed by atoms with Crippen LogP contribution in [0.1, 0.15) is 5.56 Å². The minimum Gasteiger partial charge on any atom is -0.309 e. The number of fused-ring (bicyclic) bond motifs is 6. The summed E-state index contributed by atoms with van der Waals surface area (Å²) in [5.74, 6) is 0. The van der Waals surface area contributed by atoms with Crippen molar-refractivity contribution < 1.29 is 0 Å². The summed E-state index contributed by atoms with van der Waals surface area (Å²) in [4.78, 5) is 0. The van der Waals surface area contributed by atoms with Crippen molar-refractivity contribution in [2.75, 3.05) is 0 Å². The fraction of sp³-hybridized carbons (Fsp3) is 0. The monoisotopic (exact) mass is 509 g/mol. The lowest BCUT2D eigenvalue weighted by atomic mass is 10.00. The lowest BCUT2D eigenvalue weighted by molar-refractivity contribution is 1.17. The molecule has 0 spiro atoms. The Balaban J connectivity index is 1.50. The quantitative estimate of drug-likeness (QED) is 0.233. The van der Waals surface area contributed by atoms with E-state index in [1.54, 1.807) is 0 Å². The first-order valence-electron chi connectivity index (χ1n) is 13.4. The molecule has 0 amide bonds. The van der Waals surface area contributed by atoms with E-state index in [4.69, 9.17) is 0 Å². The molecule has 8 aromatic rings. The van der Waals surface area contributed by atoms with Crippen molar-refractivity contribution in [1.29, 1.82) is 5.26 Å². The van der Waals surface area contributed by atoms with E-state index in [0.717, 1.165) is 33.5 Å². The van der Waals surface area contributed by atoms with E-state index in [1.165, 1.54) is 32.6 Å². The molecular formula is C37H23N3. The maximum absolute atomic E-state index is 9.41. The minimum absolute atomic E-state index is 0.654. The Kier molecular flexibility index (Phi) is 4.89. The largest absolute Gasteiger partial charge is 0.309 e. The van der Waals surface area contributed by atoms with Crippen molar-refractivity contribution in [3.8, 4) is 28.6 Å². The highest BCUT2D eigenvalue weighted by atomic mass is 15.0. The molecule has 0 bridgehead atoms. The molecule has 0 saturated heterocycles. The highest BCUT2D eigenvalue weighted by molar-refractivity contribution is 6.15. The maximum atomic E-state index is 9.41. The molecule has 0 aliphatic rings. The molecule has 6 aromatic carbocycles. The molecule has 0 aliphatic heterocycles. The molecule has 0 unspecified atom stereocenters. The van der Waals surface area contributed by atoms with Crippen LogP contribution in [-0.2, 0) is 0 Å². The number of rotatable bonds is 3. The van der Waals surface area contributed by atoms with Crippen molar-refractivity contribution in [3.63, 3.8) is 0 Å². The molecule has 0 atom stereocenters. The van der Waals surface area contributed by atoms with Gasteiger partial charge in [0.2, 0.25) is 0 Å². The Morgan fingerprint density at radius 1 is 0.425 bits per heavy atom. The molecule has 40 heavy (non-hydrogen) atoms. The highest BCUT2D eigenvalue weighted by Crippen LogP contribution is 2.41. The number of aromatic nitrogens is 2. The zero-order chi connectivity index (χ0) is 26.6. The van der Waals surface area contributed by atoms with Gasteiger partial charge >= 0.3 is 0 Å². The van der Waals surface area contributed by atoms with E-state index in [0.29, 0.717) is 5.56 Å². The van der Waals surface area contributed by atoms with Gasteiger partial charge in [-0.3, -0.25) is 0 Å². The summed E-state index contributed by atoms with van der Waals surface area (Å²) in [6.45, 7) is 0. The molecule has 0 fully saturated rings. The Morgan fingerprint density at radius 2 is 0.925 bits per heavy atom. The fourth-order valence-electron chi connectivity index (χ4n) is 6.27. The van der Waals surface area contributed by atoms with Gasteiger partial charge in [-0.25, -0.2) is 0 Å². The third-order valence-electron chi connectivity index (χ3n) is 7.96. The first-order chi connectivity index (χ1) is 19.8. The Morgan fingerprint density at radius 3 is 1.57 bits per heavy atom. The predicted molar refractivity (Wildman–Crippen MR) is 165 cm³/mol. The van der Waals surface area contributed by atoms with Crippen LogP contribution in [0.2, 0.25) is 0 Å². The summed E-state index contributed by atoms with van der Waals surface area (Å²) in [6.07, 6.45) is 0. The summed E-state index contributed by atoms with van der Waals surface area (Å²) >= 11 is 0. The van der Waals surface area contributed by atoms with E-state index in [9.17, 15) is 5.26 Å². The number of nitriles is 1. The van der Waals surface area contributed by atoms with Crippen LogP contribution < -0.4 is 0 Å². The van der Waals surface area contributed by atoms with Crippen molar-refractivity contribution in [1.82, 2.24) is 9.13 Å². The van der Waals surface area contributed by atoms with Gasteiger partial charge < -0.3 is 9.13 Å².